The Kier molecular flexibility index (Phi) is 4.74. The molecular weight excluding hydrogens is 304 g/mol. The molecule has 0 spiro atoms. The van der Waals surface area contributed by atoms with E-state index in [0.717, 1.165) is 26.2 Å². The highest BCUT2D eigenvalue weighted by Gasteiger charge is 2.25. The van der Waals surface area contributed by atoms with E-state index in [4.69, 9.17) is 0 Å². The van der Waals surface area contributed by atoms with Crippen LogP contribution in [-0.2, 0) is 0 Å². The monoisotopic (exact) mass is 332 g/mol. The summed E-state index contributed by atoms with van der Waals surface area (Å²) in [6.07, 6.45) is 1.21. The lowest BCUT2D eigenvalue weighted by Gasteiger charge is -2.37. The van der Waals surface area contributed by atoms with Gasteiger partial charge in [0.1, 0.15) is 0 Å². The summed E-state index contributed by atoms with van der Waals surface area (Å²) in [5, 5.41) is 9.04. The molecule has 0 saturated carbocycles. The molecule has 1 atom stereocenters. The van der Waals surface area contributed by atoms with Crippen molar-refractivity contribution in [1.29, 1.82) is 0 Å². The fourth-order valence-electron chi connectivity index (χ4n) is 4.27. The van der Waals surface area contributed by atoms with Crippen LogP contribution >= 0.6 is 0 Å². The molecule has 0 amide bonds. The van der Waals surface area contributed by atoms with Crippen molar-refractivity contribution in [2.24, 2.45) is 5.92 Å². The molecule has 25 heavy (non-hydrogen) atoms. The summed E-state index contributed by atoms with van der Waals surface area (Å²) >= 11 is 0. The van der Waals surface area contributed by atoms with Crippen LogP contribution in [0.15, 0.2) is 54.6 Å². The second-order valence-corrected chi connectivity index (χ2v) is 7.66. The summed E-state index contributed by atoms with van der Waals surface area (Å²) in [4.78, 5) is 2.69. The zero-order valence-electron chi connectivity index (χ0n) is 15.3. The van der Waals surface area contributed by atoms with Crippen molar-refractivity contribution in [2.45, 2.75) is 26.3 Å². The van der Waals surface area contributed by atoms with Gasteiger partial charge in [0.05, 0.1) is 0 Å². The van der Waals surface area contributed by atoms with Gasteiger partial charge in [-0.3, -0.25) is 4.90 Å². The van der Waals surface area contributed by atoms with Crippen LogP contribution in [0.25, 0.3) is 21.5 Å². The molecule has 3 aromatic carbocycles. The first-order chi connectivity index (χ1) is 12.2. The topological polar surface area (TPSA) is 15.3 Å². The number of fused-ring (bicyclic) bond motifs is 3. The third-order valence-corrected chi connectivity index (χ3v) is 5.45. The average Bonchev–Trinajstić information content (AvgIpc) is 2.66. The molecule has 1 aliphatic rings. The van der Waals surface area contributed by atoms with Gasteiger partial charge in [-0.15, -0.1) is 0 Å². The Bertz CT molecular complexity index is 862. The van der Waals surface area contributed by atoms with Crippen LogP contribution in [0.5, 0.6) is 0 Å². The first kappa shape index (κ1) is 16.6. The van der Waals surface area contributed by atoms with E-state index in [1.54, 1.807) is 0 Å². The molecule has 4 rings (SSSR count). The highest BCUT2D eigenvalue weighted by Crippen LogP contribution is 2.37. The predicted molar refractivity (Wildman–Crippen MR) is 108 cm³/mol. The SMILES string of the molecule is CC(C)C[C@H](c1cc2ccccc2c2ccccc12)N1CCNCC1. The van der Waals surface area contributed by atoms with E-state index >= 15 is 0 Å². The Hall–Kier alpha value is -1.90. The van der Waals surface area contributed by atoms with Gasteiger partial charge in [-0.1, -0.05) is 62.4 Å². The number of nitrogens with one attached hydrogen (secondary N) is 1. The van der Waals surface area contributed by atoms with E-state index < -0.39 is 0 Å². The maximum Gasteiger partial charge on any atom is 0.0358 e. The third kappa shape index (κ3) is 3.29. The molecule has 2 heteroatoms. The lowest BCUT2D eigenvalue weighted by molar-refractivity contribution is 0.155. The zero-order chi connectivity index (χ0) is 17.2. The van der Waals surface area contributed by atoms with Crippen molar-refractivity contribution in [3.63, 3.8) is 0 Å². The van der Waals surface area contributed by atoms with Crippen LogP contribution in [0.3, 0.4) is 0 Å². The molecule has 1 aliphatic heterocycles. The molecule has 3 aromatic rings. The average molecular weight is 332 g/mol. The van der Waals surface area contributed by atoms with Crippen molar-refractivity contribution in [1.82, 2.24) is 10.2 Å². The first-order valence-electron chi connectivity index (χ1n) is 9.59. The fourth-order valence-corrected chi connectivity index (χ4v) is 4.27. The van der Waals surface area contributed by atoms with E-state index in [0.29, 0.717) is 12.0 Å². The molecule has 130 valence electrons. The molecule has 1 N–H and O–H groups in total. The quantitative estimate of drug-likeness (QED) is 0.677. The van der Waals surface area contributed by atoms with Crippen LogP contribution in [0.1, 0.15) is 31.9 Å². The second kappa shape index (κ2) is 7.15. The Morgan fingerprint density at radius 2 is 1.52 bits per heavy atom. The Morgan fingerprint density at radius 1 is 0.880 bits per heavy atom. The first-order valence-corrected chi connectivity index (χ1v) is 9.59. The molecule has 1 fully saturated rings. The van der Waals surface area contributed by atoms with Crippen molar-refractivity contribution in [2.75, 3.05) is 26.2 Å². The largest absolute Gasteiger partial charge is 0.314 e. The van der Waals surface area contributed by atoms with Gasteiger partial charge in [0.2, 0.25) is 0 Å². The van der Waals surface area contributed by atoms with E-state index in [-0.39, 0.29) is 0 Å². The van der Waals surface area contributed by atoms with E-state index in [1.165, 1.54) is 33.5 Å². The summed E-state index contributed by atoms with van der Waals surface area (Å²) in [7, 11) is 0. The van der Waals surface area contributed by atoms with Gasteiger partial charge in [0.15, 0.2) is 0 Å². The van der Waals surface area contributed by atoms with Gasteiger partial charge >= 0.3 is 0 Å². The fraction of sp³-hybridized carbons (Fsp3) is 0.391. The van der Waals surface area contributed by atoms with Crippen molar-refractivity contribution in [3.05, 3.63) is 60.2 Å². The zero-order valence-corrected chi connectivity index (χ0v) is 15.3. The summed E-state index contributed by atoms with van der Waals surface area (Å²) in [5.74, 6) is 0.685. The number of hydrogen-bond donors (Lipinski definition) is 1. The number of nitrogens with zero attached hydrogens (tertiary/aromatic N) is 1. The highest BCUT2D eigenvalue weighted by molar-refractivity contribution is 6.09. The normalized spacial score (nSPS) is 17.4. The molecule has 0 aromatic heterocycles. The Morgan fingerprint density at radius 3 is 2.24 bits per heavy atom. The third-order valence-electron chi connectivity index (χ3n) is 5.45. The van der Waals surface area contributed by atoms with Crippen molar-refractivity contribution >= 4 is 21.5 Å². The number of rotatable bonds is 4. The standard InChI is InChI=1S/C23H28N2/c1-17(2)15-23(25-13-11-24-12-14-25)22-16-18-7-3-4-8-19(18)20-9-5-6-10-21(20)22/h3-10,16-17,23-24H,11-15H2,1-2H3/t23-/m1/s1. The minimum absolute atomic E-state index is 0.497. The number of hydrogen-bond acceptors (Lipinski definition) is 2. The van der Waals surface area contributed by atoms with Gasteiger partial charge in [0, 0.05) is 32.2 Å². The van der Waals surface area contributed by atoms with Gasteiger partial charge in [-0.2, -0.15) is 0 Å². The number of piperazine rings is 1. The van der Waals surface area contributed by atoms with Crippen LogP contribution in [-0.4, -0.2) is 31.1 Å². The molecule has 2 nitrogen and oxygen atoms in total. The summed E-state index contributed by atoms with van der Waals surface area (Å²) in [6.45, 7) is 9.16. The molecule has 0 bridgehead atoms. The number of benzene rings is 3. The van der Waals surface area contributed by atoms with E-state index in [2.05, 4.69) is 78.7 Å². The van der Waals surface area contributed by atoms with Crippen molar-refractivity contribution < 1.29 is 0 Å². The molecule has 1 heterocycles. The highest BCUT2D eigenvalue weighted by atomic mass is 15.2. The Labute approximate surface area is 150 Å². The molecule has 0 radical (unpaired) electrons. The molecular formula is C23H28N2. The van der Waals surface area contributed by atoms with Gasteiger partial charge < -0.3 is 5.32 Å². The minimum Gasteiger partial charge on any atom is -0.314 e. The van der Waals surface area contributed by atoms with E-state index in [1.807, 2.05) is 0 Å². The van der Waals surface area contributed by atoms with Gasteiger partial charge in [0.25, 0.3) is 0 Å². The molecule has 1 saturated heterocycles. The summed E-state index contributed by atoms with van der Waals surface area (Å²) < 4.78 is 0. The second-order valence-electron chi connectivity index (χ2n) is 7.66. The van der Waals surface area contributed by atoms with Gasteiger partial charge in [-0.05, 0) is 45.5 Å². The molecule has 0 unspecified atom stereocenters. The van der Waals surface area contributed by atoms with Crippen LogP contribution < -0.4 is 5.32 Å². The van der Waals surface area contributed by atoms with E-state index in [9.17, 15) is 0 Å². The minimum atomic E-state index is 0.497. The van der Waals surface area contributed by atoms with Crippen LogP contribution in [0.2, 0.25) is 0 Å². The van der Waals surface area contributed by atoms with Crippen LogP contribution in [0, 0.1) is 5.92 Å². The lowest BCUT2D eigenvalue weighted by atomic mass is 9.88. The smallest absolute Gasteiger partial charge is 0.0358 e. The van der Waals surface area contributed by atoms with Crippen LogP contribution in [0.4, 0.5) is 0 Å². The summed E-state index contributed by atoms with van der Waals surface area (Å²) in [5.41, 5.74) is 1.50. The maximum absolute atomic E-state index is 3.50. The molecule has 0 aliphatic carbocycles. The van der Waals surface area contributed by atoms with Gasteiger partial charge in [-0.25, -0.2) is 0 Å². The summed E-state index contributed by atoms with van der Waals surface area (Å²) in [6, 6.07) is 20.7. The maximum atomic E-state index is 3.50. The lowest BCUT2D eigenvalue weighted by Crippen LogP contribution is -2.45. The Balaban J connectivity index is 1.91. The predicted octanol–water partition coefficient (Wildman–Crippen LogP) is 4.99. The van der Waals surface area contributed by atoms with Crippen molar-refractivity contribution in [3.8, 4) is 0 Å².